The van der Waals surface area contributed by atoms with Gasteiger partial charge in [0.1, 0.15) is 6.04 Å². The Morgan fingerprint density at radius 2 is 2.17 bits per heavy atom. The van der Waals surface area contributed by atoms with E-state index in [0.29, 0.717) is 10.7 Å². The number of rotatable bonds is 4. The third kappa shape index (κ3) is 4.61. The molecule has 24 heavy (non-hydrogen) atoms. The summed E-state index contributed by atoms with van der Waals surface area (Å²) in [5.41, 5.74) is 1.45. The summed E-state index contributed by atoms with van der Waals surface area (Å²) in [6, 6.07) is 4.43. The lowest BCUT2D eigenvalue weighted by Crippen LogP contribution is -2.43. The van der Waals surface area contributed by atoms with Gasteiger partial charge in [0.05, 0.1) is 19.3 Å². The van der Waals surface area contributed by atoms with Crippen LogP contribution in [-0.4, -0.2) is 47.3 Å². The number of likely N-dealkylation sites (tertiary alicyclic amines) is 1. The SMILES string of the molecule is Cc1ccc(Cl)cc1NC(=O)[C@@H]1C[C@H](O)CN1C(=O)OCC(C)C. The first-order chi connectivity index (χ1) is 11.3. The van der Waals surface area contributed by atoms with Crippen LogP contribution in [0.5, 0.6) is 0 Å². The molecule has 1 aliphatic heterocycles. The number of aryl methyl sites for hydroxylation is 1. The molecule has 0 aliphatic carbocycles. The molecule has 6 nitrogen and oxygen atoms in total. The van der Waals surface area contributed by atoms with Crippen LogP contribution in [-0.2, 0) is 9.53 Å². The van der Waals surface area contributed by atoms with Gasteiger partial charge >= 0.3 is 6.09 Å². The summed E-state index contributed by atoms with van der Waals surface area (Å²) < 4.78 is 5.18. The third-order valence-corrected chi connectivity index (χ3v) is 4.05. The number of nitrogens with zero attached hydrogens (tertiary/aromatic N) is 1. The van der Waals surface area contributed by atoms with Crippen molar-refractivity contribution in [2.75, 3.05) is 18.5 Å². The number of aliphatic hydroxyl groups is 1. The van der Waals surface area contributed by atoms with Gasteiger partial charge in [0, 0.05) is 17.1 Å². The Morgan fingerprint density at radius 3 is 2.83 bits per heavy atom. The highest BCUT2D eigenvalue weighted by Crippen LogP contribution is 2.24. The van der Waals surface area contributed by atoms with E-state index in [1.165, 1.54) is 4.90 Å². The minimum absolute atomic E-state index is 0.0868. The number of hydrogen-bond donors (Lipinski definition) is 2. The molecule has 1 aromatic carbocycles. The minimum atomic E-state index is -0.766. The Bertz CT molecular complexity index is 621. The molecule has 0 bridgehead atoms. The Hall–Kier alpha value is -1.79. The number of aliphatic hydroxyl groups excluding tert-OH is 1. The van der Waals surface area contributed by atoms with E-state index in [0.717, 1.165) is 5.56 Å². The van der Waals surface area contributed by atoms with Gasteiger partial charge in [-0.1, -0.05) is 31.5 Å². The average molecular weight is 355 g/mol. The monoisotopic (exact) mass is 354 g/mol. The van der Waals surface area contributed by atoms with E-state index in [1.54, 1.807) is 18.2 Å². The summed E-state index contributed by atoms with van der Waals surface area (Å²) in [6.07, 6.45) is -1.14. The number of nitrogens with one attached hydrogen (secondary N) is 1. The fourth-order valence-electron chi connectivity index (χ4n) is 2.53. The average Bonchev–Trinajstić information content (AvgIpc) is 2.90. The van der Waals surface area contributed by atoms with Crippen LogP contribution in [0.15, 0.2) is 18.2 Å². The first-order valence-electron chi connectivity index (χ1n) is 7.96. The molecule has 1 saturated heterocycles. The van der Waals surface area contributed by atoms with Gasteiger partial charge in [0.25, 0.3) is 0 Å². The van der Waals surface area contributed by atoms with Crippen molar-refractivity contribution >= 4 is 29.3 Å². The molecule has 0 radical (unpaired) electrons. The summed E-state index contributed by atoms with van der Waals surface area (Å²) >= 11 is 5.96. The van der Waals surface area contributed by atoms with Crippen molar-refractivity contribution in [2.24, 2.45) is 5.92 Å². The number of anilines is 1. The van der Waals surface area contributed by atoms with Crippen LogP contribution < -0.4 is 5.32 Å². The second-order valence-corrected chi connectivity index (χ2v) is 6.91. The van der Waals surface area contributed by atoms with Crippen molar-refractivity contribution in [3.8, 4) is 0 Å². The Balaban J connectivity index is 2.08. The lowest BCUT2D eigenvalue weighted by Gasteiger charge is -2.23. The zero-order chi connectivity index (χ0) is 17.9. The van der Waals surface area contributed by atoms with Crippen molar-refractivity contribution in [3.63, 3.8) is 0 Å². The van der Waals surface area contributed by atoms with Crippen LogP contribution in [0.3, 0.4) is 0 Å². The summed E-state index contributed by atoms with van der Waals surface area (Å²) in [7, 11) is 0. The number of amides is 2. The van der Waals surface area contributed by atoms with Gasteiger partial charge in [-0.05, 0) is 30.5 Å². The van der Waals surface area contributed by atoms with E-state index in [4.69, 9.17) is 16.3 Å². The van der Waals surface area contributed by atoms with Crippen LogP contribution in [0, 0.1) is 12.8 Å². The highest BCUT2D eigenvalue weighted by atomic mass is 35.5. The second kappa shape index (κ2) is 7.85. The largest absolute Gasteiger partial charge is 0.449 e. The molecule has 0 unspecified atom stereocenters. The summed E-state index contributed by atoms with van der Waals surface area (Å²) in [6.45, 7) is 6.07. The number of benzene rings is 1. The molecule has 1 heterocycles. The van der Waals surface area contributed by atoms with Crippen molar-refractivity contribution < 1.29 is 19.4 Å². The third-order valence-electron chi connectivity index (χ3n) is 3.81. The van der Waals surface area contributed by atoms with E-state index < -0.39 is 18.2 Å². The predicted octanol–water partition coefficient (Wildman–Crippen LogP) is 2.81. The fourth-order valence-corrected chi connectivity index (χ4v) is 2.70. The van der Waals surface area contributed by atoms with Crippen molar-refractivity contribution in [2.45, 2.75) is 39.3 Å². The van der Waals surface area contributed by atoms with Gasteiger partial charge in [0.15, 0.2) is 0 Å². The van der Waals surface area contributed by atoms with Crippen LogP contribution >= 0.6 is 11.6 Å². The number of hydrogen-bond acceptors (Lipinski definition) is 4. The quantitative estimate of drug-likeness (QED) is 0.871. The summed E-state index contributed by atoms with van der Waals surface area (Å²) in [4.78, 5) is 26.0. The molecule has 0 saturated carbocycles. The van der Waals surface area contributed by atoms with E-state index in [1.807, 2.05) is 20.8 Å². The number of carbonyl (C=O) groups excluding carboxylic acids is 2. The van der Waals surface area contributed by atoms with Gasteiger partial charge in [0.2, 0.25) is 5.91 Å². The van der Waals surface area contributed by atoms with Crippen molar-refractivity contribution in [3.05, 3.63) is 28.8 Å². The molecule has 1 fully saturated rings. The molecule has 132 valence electrons. The molecule has 2 atom stereocenters. The topological polar surface area (TPSA) is 78.9 Å². The smallest absolute Gasteiger partial charge is 0.410 e. The van der Waals surface area contributed by atoms with Crippen LogP contribution in [0.4, 0.5) is 10.5 Å². The highest BCUT2D eigenvalue weighted by molar-refractivity contribution is 6.31. The molecule has 0 spiro atoms. The Morgan fingerprint density at radius 1 is 1.46 bits per heavy atom. The maximum Gasteiger partial charge on any atom is 0.410 e. The lowest BCUT2D eigenvalue weighted by molar-refractivity contribution is -0.120. The van der Waals surface area contributed by atoms with Crippen LogP contribution in [0.25, 0.3) is 0 Å². The molecule has 1 aliphatic rings. The lowest BCUT2D eigenvalue weighted by atomic mass is 10.1. The van der Waals surface area contributed by atoms with Gasteiger partial charge < -0.3 is 15.2 Å². The number of ether oxygens (including phenoxy) is 1. The van der Waals surface area contributed by atoms with Gasteiger partial charge in [-0.15, -0.1) is 0 Å². The number of carbonyl (C=O) groups is 2. The Labute approximate surface area is 146 Å². The molecule has 7 heteroatoms. The summed E-state index contributed by atoms with van der Waals surface area (Å²) in [5.74, 6) is -0.165. The van der Waals surface area contributed by atoms with E-state index in [-0.39, 0.29) is 31.4 Å². The summed E-state index contributed by atoms with van der Waals surface area (Å²) in [5, 5.41) is 13.1. The number of halogens is 1. The van der Waals surface area contributed by atoms with Gasteiger partial charge in [-0.2, -0.15) is 0 Å². The van der Waals surface area contributed by atoms with Crippen molar-refractivity contribution in [1.29, 1.82) is 0 Å². The van der Waals surface area contributed by atoms with E-state index in [9.17, 15) is 14.7 Å². The molecule has 2 amide bonds. The van der Waals surface area contributed by atoms with E-state index in [2.05, 4.69) is 5.32 Å². The zero-order valence-corrected chi connectivity index (χ0v) is 14.8. The highest BCUT2D eigenvalue weighted by Gasteiger charge is 2.40. The molecule has 2 N–H and O–H groups in total. The number of β-amino-alcohol motifs (C(OH)–C–C–N with tert-alkyl or cyclic N) is 1. The maximum atomic E-state index is 12.6. The van der Waals surface area contributed by atoms with Crippen molar-refractivity contribution in [1.82, 2.24) is 4.90 Å². The predicted molar refractivity (Wildman–Crippen MR) is 92.1 cm³/mol. The molecule has 1 aromatic rings. The second-order valence-electron chi connectivity index (χ2n) is 6.48. The maximum absolute atomic E-state index is 12.6. The van der Waals surface area contributed by atoms with Gasteiger partial charge in [-0.25, -0.2) is 4.79 Å². The minimum Gasteiger partial charge on any atom is -0.449 e. The normalized spacial score (nSPS) is 20.3. The standard InChI is InChI=1S/C17H23ClN2O4/c1-10(2)9-24-17(23)20-8-13(21)7-15(20)16(22)19-14-6-12(18)5-4-11(14)3/h4-6,10,13,15,21H,7-9H2,1-3H3,(H,19,22)/t13-,15-/m0/s1. The fraction of sp³-hybridized carbons (Fsp3) is 0.529. The van der Waals surface area contributed by atoms with Crippen LogP contribution in [0.2, 0.25) is 5.02 Å². The molecule has 2 rings (SSSR count). The van der Waals surface area contributed by atoms with Gasteiger partial charge in [-0.3, -0.25) is 9.69 Å². The first-order valence-corrected chi connectivity index (χ1v) is 8.34. The van der Waals surface area contributed by atoms with E-state index >= 15 is 0 Å². The first kappa shape index (κ1) is 18.5. The van der Waals surface area contributed by atoms with Crippen LogP contribution in [0.1, 0.15) is 25.8 Å². The Kier molecular flexibility index (Phi) is 6.07. The molecular formula is C17H23ClN2O4. The molecule has 0 aromatic heterocycles. The zero-order valence-electron chi connectivity index (χ0n) is 14.1. The molecular weight excluding hydrogens is 332 g/mol.